The second-order valence-corrected chi connectivity index (χ2v) is 5.85. The molecule has 0 aliphatic carbocycles. The fourth-order valence-electron chi connectivity index (χ4n) is 1.92. The third-order valence-corrected chi connectivity index (χ3v) is 3.99. The average Bonchev–Trinajstić information content (AvgIpc) is 2.81. The lowest BCUT2D eigenvalue weighted by molar-refractivity contribution is 0.414. The fourth-order valence-corrected chi connectivity index (χ4v) is 2.84. The molecule has 0 bridgehead atoms. The number of benzene rings is 1. The number of nitrogens with zero attached hydrogens (tertiary/aromatic N) is 2. The molecule has 19 heavy (non-hydrogen) atoms. The Morgan fingerprint density at radius 2 is 1.95 bits per heavy atom. The summed E-state index contributed by atoms with van der Waals surface area (Å²) in [6.07, 6.45) is 4.00. The lowest BCUT2D eigenvalue weighted by Crippen LogP contribution is -1.84. The number of rotatable bonds is 2. The molecule has 0 unspecified atom stereocenters. The molecule has 3 aromatic rings. The summed E-state index contributed by atoms with van der Waals surface area (Å²) < 4.78 is 9.19. The predicted octanol–water partition coefficient (Wildman–Crippen LogP) is 4.53. The van der Waals surface area contributed by atoms with Gasteiger partial charge in [-0.1, -0.05) is 0 Å². The van der Waals surface area contributed by atoms with Crippen molar-refractivity contribution in [2.24, 2.45) is 0 Å². The number of hydrogen-bond donors (Lipinski definition) is 0. The maximum absolute atomic E-state index is 5.20. The summed E-state index contributed by atoms with van der Waals surface area (Å²) in [6, 6.07) is 9.83. The molecule has 0 fully saturated rings. The van der Waals surface area contributed by atoms with Gasteiger partial charge in [-0.3, -0.25) is 0 Å². The van der Waals surface area contributed by atoms with E-state index in [0.29, 0.717) is 0 Å². The Morgan fingerprint density at radius 3 is 2.68 bits per heavy atom. The minimum absolute atomic E-state index is 0.821. The Labute approximate surface area is 127 Å². The molecule has 5 heteroatoms. The Morgan fingerprint density at radius 1 is 1.11 bits per heavy atom. The largest absolute Gasteiger partial charge is 0.497 e. The van der Waals surface area contributed by atoms with Crippen LogP contribution in [-0.4, -0.2) is 16.5 Å². The van der Waals surface area contributed by atoms with E-state index in [1.807, 2.05) is 47.1 Å². The Hall–Kier alpha value is -1.33. The zero-order chi connectivity index (χ0) is 13.4. The molecule has 1 aromatic carbocycles. The minimum Gasteiger partial charge on any atom is -0.497 e. The van der Waals surface area contributed by atoms with Gasteiger partial charge in [0.05, 0.1) is 12.8 Å². The maximum Gasteiger partial charge on any atom is 0.137 e. The third kappa shape index (κ3) is 2.40. The maximum atomic E-state index is 5.20. The second kappa shape index (κ2) is 4.98. The second-order valence-electron chi connectivity index (χ2n) is 4.08. The van der Waals surface area contributed by atoms with Gasteiger partial charge >= 0.3 is 0 Å². The molecule has 0 amide bonds. The first-order valence-electron chi connectivity index (χ1n) is 5.65. The molecular weight excluding hydrogens is 372 g/mol. The van der Waals surface area contributed by atoms with Crippen molar-refractivity contribution in [3.63, 3.8) is 0 Å². The van der Waals surface area contributed by atoms with Gasteiger partial charge < -0.3 is 9.14 Å². The van der Waals surface area contributed by atoms with Crippen molar-refractivity contribution in [1.82, 2.24) is 9.38 Å². The molecule has 0 spiro atoms. The highest BCUT2D eigenvalue weighted by Crippen LogP contribution is 2.31. The highest BCUT2D eigenvalue weighted by molar-refractivity contribution is 9.10. The summed E-state index contributed by atoms with van der Waals surface area (Å²) in [5.41, 5.74) is 2.88. The van der Waals surface area contributed by atoms with Gasteiger partial charge in [-0.2, -0.15) is 0 Å². The van der Waals surface area contributed by atoms with E-state index in [0.717, 1.165) is 31.6 Å². The van der Waals surface area contributed by atoms with Crippen molar-refractivity contribution >= 4 is 37.5 Å². The van der Waals surface area contributed by atoms with E-state index in [9.17, 15) is 0 Å². The number of imidazole rings is 1. The van der Waals surface area contributed by atoms with E-state index in [4.69, 9.17) is 4.74 Å². The van der Waals surface area contributed by atoms with Gasteiger partial charge in [-0.05, 0) is 62.2 Å². The molecule has 0 aliphatic rings. The number of ether oxygens (including phenoxy) is 1. The van der Waals surface area contributed by atoms with Crippen LogP contribution in [0.1, 0.15) is 0 Å². The summed E-state index contributed by atoms with van der Waals surface area (Å²) in [7, 11) is 1.66. The van der Waals surface area contributed by atoms with Crippen LogP contribution >= 0.6 is 31.9 Å². The number of fused-ring (bicyclic) bond motifs is 1. The van der Waals surface area contributed by atoms with Crippen molar-refractivity contribution in [2.75, 3.05) is 7.11 Å². The highest BCUT2D eigenvalue weighted by Gasteiger charge is 2.09. The summed E-state index contributed by atoms with van der Waals surface area (Å²) in [5, 5.41) is 0. The molecule has 0 N–H and O–H groups in total. The standard InChI is InChI=1S/C14H10Br2N2O/c1-19-10-3-4-11(12(16)6-10)13-8-18-7-9(15)2-5-14(18)17-13/h2-8H,1H3. The molecular formula is C14H10Br2N2O. The van der Waals surface area contributed by atoms with E-state index in [-0.39, 0.29) is 0 Å². The number of aromatic nitrogens is 2. The van der Waals surface area contributed by atoms with Crippen LogP contribution in [0.2, 0.25) is 0 Å². The molecule has 2 heterocycles. The molecule has 2 aromatic heterocycles. The first kappa shape index (κ1) is 12.7. The van der Waals surface area contributed by atoms with Crippen LogP contribution in [0.3, 0.4) is 0 Å². The van der Waals surface area contributed by atoms with Gasteiger partial charge in [-0.15, -0.1) is 0 Å². The van der Waals surface area contributed by atoms with E-state index < -0.39 is 0 Å². The van der Waals surface area contributed by atoms with Crippen LogP contribution in [0.4, 0.5) is 0 Å². The number of methoxy groups -OCH3 is 1. The normalized spacial score (nSPS) is 10.9. The van der Waals surface area contributed by atoms with Crippen molar-refractivity contribution in [2.45, 2.75) is 0 Å². The topological polar surface area (TPSA) is 26.5 Å². The SMILES string of the molecule is COc1ccc(-c2cn3cc(Br)ccc3n2)c(Br)c1. The lowest BCUT2D eigenvalue weighted by Gasteiger charge is -2.04. The smallest absolute Gasteiger partial charge is 0.137 e. The lowest BCUT2D eigenvalue weighted by atomic mass is 10.1. The first-order chi connectivity index (χ1) is 9.17. The van der Waals surface area contributed by atoms with E-state index in [1.54, 1.807) is 7.11 Å². The van der Waals surface area contributed by atoms with Crippen molar-refractivity contribution in [3.05, 3.63) is 51.7 Å². The van der Waals surface area contributed by atoms with Crippen LogP contribution in [0.15, 0.2) is 51.7 Å². The third-order valence-electron chi connectivity index (χ3n) is 2.87. The quantitative estimate of drug-likeness (QED) is 0.651. The summed E-state index contributed by atoms with van der Waals surface area (Å²) >= 11 is 7.01. The molecule has 0 aliphatic heterocycles. The van der Waals surface area contributed by atoms with Crippen molar-refractivity contribution < 1.29 is 4.74 Å². The summed E-state index contributed by atoms with van der Waals surface area (Å²) in [4.78, 5) is 4.61. The molecule has 0 saturated carbocycles. The van der Waals surface area contributed by atoms with E-state index in [2.05, 4.69) is 36.8 Å². The van der Waals surface area contributed by atoms with Gasteiger partial charge in [0.2, 0.25) is 0 Å². The Balaban J connectivity index is 2.13. The number of halogens is 2. The zero-order valence-corrected chi connectivity index (χ0v) is 13.3. The van der Waals surface area contributed by atoms with E-state index in [1.165, 1.54) is 0 Å². The zero-order valence-electron chi connectivity index (χ0n) is 10.1. The van der Waals surface area contributed by atoms with Gasteiger partial charge in [0.1, 0.15) is 11.4 Å². The number of pyridine rings is 1. The van der Waals surface area contributed by atoms with Crippen LogP contribution in [-0.2, 0) is 0 Å². The minimum atomic E-state index is 0.821. The molecule has 96 valence electrons. The van der Waals surface area contributed by atoms with Gasteiger partial charge in [-0.25, -0.2) is 4.98 Å². The van der Waals surface area contributed by atoms with Crippen molar-refractivity contribution in [1.29, 1.82) is 0 Å². The van der Waals surface area contributed by atoms with Crippen molar-refractivity contribution in [3.8, 4) is 17.0 Å². The molecule has 3 rings (SSSR count). The van der Waals surface area contributed by atoms with Crippen LogP contribution < -0.4 is 4.74 Å². The average molecular weight is 382 g/mol. The van der Waals surface area contributed by atoms with Gasteiger partial charge in [0.15, 0.2) is 0 Å². The number of hydrogen-bond acceptors (Lipinski definition) is 2. The van der Waals surface area contributed by atoms with Crippen LogP contribution in [0.25, 0.3) is 16.9 Å². The van der Waals surface area contributed by atoms with Gasteiger partial charge in [0.25, 0.3) is 0 Å². The Kier molecular flexibility index (Phi) is 3.33. The van der Waals surface area contributed by atoms with Gasteiger partial charge in [0, 0.05) is 26.9 Å². The molecule has 0 atom stereocenters. The molecule has 0 saturated heterocycles. The van der Waals surface area contributed by atoms with E-state index >= 15 is 0 Å². The first-order valence-corrected chi connectivity index (χ1v) is 7.24. The van der Waals surface area contributed by atoms with Crippen LogP contribution in [0, 0.1) is 0 Å². The molecule has 3 nitrogen and oxygen atoms in total. The Bertz CT molecular complexity index is 752. The molecule has 0 radical (unpaired) electrons. The summed E-state index contributed by atoms with van der Waals surface area (Å²) in [5.74, 6) is 0.821. The predicted molar refractivity (Wildman–Crippen MR) is 82.6 cm³/mol. The highest BCUT2D eigenvalue weighted by atomic mass is 79.9. The monoisotopic (exact) mass is 380 g/mol. The summed E-state index contributed by atoms with van der Waals surface area (Å²) in [6.45, 7) is 0. The fraction of sp³-hybridized carbons (Fsp3) is 0.0714. The van der Waals surface area contributed by atoms with Crippen LogP contribution in [0.5, 0.6) is 5.75 Å².